The Morgan fingerprint density at radius 2 is 0.818 bits per heavy atom. The lowest BCUT2D eigenvalue weighted by atomic mass is 9.81. The molecule has 0 aromatic heterocycles. The smallest absolute Gasteiger partial charge is 0.00671 e. The molecule has 3 rings (SSSR count). The van der Waals surface area contributed by atoms with Crippen LogP contribution in [-0.2, 0) is 0 Å². The van der Waals surface area contributed by atoms with Gasteiger partial charge in [0, 0.05) is 12.1 Å². The molecule has 22 heavy (non-hydrogen) atoms. The fourth-order valence-corrected chi connectivity index (χ4v) is 4.57. The molecule has 2 N–H and O–H groups in total. The molecular formula is C18H36Cl2N2. The van der Waals surface area contributed by atoms with Crippen molar-refractivity contribution in [3.05, 3.63) is 0 Å². The zero-order valence-electron chi connectivity index (χ0n) is 14.0. The minimum Gasteiger partial charge on any atom is -0.314 e. The number of halogens is 2. The van der Waals surface area contributed by atoms with Crippen molar-refractivity contribution in [2.24, 2.45) is 11.8 Å². The van der Waals surface area contributed by atoms with Gasteiger partial charge in [0.2, 0.25) is 0 Å². The fourth-order valence-electron chi connectivity index (χ4n) is 4.57. The molecule has 0 aromatic rings. The molecule has 3 saturated carbocycles. The van der Waals surface area contributed by atoms with Crippen LogP contribution in [-0.4, -0.2) is 25.2 Å². The zero-order valence-corrected chi connectivity index (χ0v) is 15.7. The highest BCUT2D eigenvalue weighted by Gasteiger charge is 2.23. The van der Waals surface area contributed by atoms with Gasteiger partial charge in [-0.3, -0.25) is 0 Å². The van der Waals surface area contributed by atoms with Crippen molar-refractivity contribution in [3.8, 4) is 0 Å². The van der Waals surface area contributed by atoms with Gasteiger partial charge in [-0.25, -0.2) is 0 Å². The Morgan fingerprint density at radius 3 is 1.14 bits per heavy atom. The maximum Gasteiger partial charge on any atom is 0.00671 e. The highest BCUT2D eigenvalue weighted by Crippen LogP contribution is 2.29. The average Bonchev–Trinajstić information content (AvgIpc) is 3.17. The molecule has 3 aliphatic rings. The number of rotatable bonds is 6. The van der Waals surface area contributed by atoms with Crippen molar-refractivity contribution in [2.45, 2.75) is 89.1 Å². The van der Waals surface area contributed by atoms with E-state index in [9.17, 15) is 0 Å². The summed E-state index contributed by atoms with van der Waals surface area (Å²) in [4.78, 5) is 0. The molecule has 3 fully saturated rings. The number of hydrogen-bond donors (Lipinski definition) is 2. The SMILES string of the molecule is C1CCC(NCC2CCC(CNC3CCCC3)CC2)C1.Cl.Cl. The van der Waals surface area contributed by atoms with Crippen LogP contribution in [0.2, 0.25) is 0 Å². The van der Waals surface area contributed by atoms with Crippen LogP contribution in [0.15, 0.2) is 0 Å². The summed E-state index contributed by atoms with van der Waals surface area (Å²) in [7, 11) is 0. The van der Waals surface area contributed by atoms with E-state index in [1.54, 1.807) is 0 Å². The lowest BCUT2D eigenvalue weighted by Gasteiger charge is -2.30. The monoisotopic (exact) mass is 350 g/mol. The molecule has 0 bridgehead atoms. The lowest BCUT2D eigenvalue weighted by molar-refractivity contribution is 0.250. The summed E-state index contributed by atoms with van der Waals surface area (Å²) in [6.07, 6.45) is 17.4. The fraction of sp³-hybridized carbons (Fsp3) is 1.00. The van der Waals surface area contributed by atoms with Crippen molar-refractivity contribution < 1.29 is 0 Å². The molecule has 2 nitrogen and oxygen atoms in total. The molecule has 0 heterocycles. The summed E-state index contributed by atoms with van der Waals surface area (Å²) in [6, 6.07) is 1.72. The maximum atomic E-state index is 3.83. The van der Waals surface area contributed by atoms with E-state index in [-0.39, 0.29) is 24.8 Å². The summed E-state index contributed by atoms with van der Waals surface area (Å²) < 4.78 is 0. The Kier molecular flexibility index (Phi) is 10.4. The van der Waals surface area contributed by atoms with E-state index >= 15 is 0 Å². The normalized spacial score (nSPS) is 30.0. The Morgan fingerprint density at radius 1 is 0.500 bits per heavy atom. The van der Waals surface area contributed by atoms with Gasteiger partial charge in [0.05, 0.1) is 0 Å². The van der Waals surface area contributed by atoms with Gasteiger partial charge in [0.15, 0.2) is 0 Å². The quantitative estimate of drug-likeness (QED) is 0.725. The standard InChI is InChI=1S/C18H34N2.2ClH/c1-2-6-17(5-1)19-13-15-9-11-16(12-10-15)14-20-18-7-3-4-8-18;;/h15-20H,1-14H2;2*1H. The Balaban J connectivity index is 0.00000121. The topological polar surface area (TPSA) is 24.1 Å². The third-order valence-corrected chi connectivity index (χ3v) is 6.07. The predicted octanol–water partition coefficient (Wildman–Crippen LogP) is 4.70. The van der Waals surface area contributed by atoms with Crippen LogP contribution in [0.3, 0.4) is 0 Å². The van der Waals surface area contributed by atoms with Crippen molar-refractivity contribution in [1.82, 2.24) is 10.6 Å². The molecule has 0 aliphatic heterocycles. The van der Waals surface area contributed by atoms with Crippen LogP contribution >= 0.6 is 24.8 Å². The zero-order chi connectivity index (χ0) is 13.6. The first-order chi connectivity index (χ1) is 9.90. The van der Waals surface area contributed by atoms with Crippen LogP contribution in [0.4, 0.5) is 0 Å². The second kappa shape index (κ2) is 11.1. The van der Waals surface area contributed by atoms with Gasteiger partial charge in [-0.2, -0.15) is 0 Å². The van der Waals surface area contributed by atoms with Gasteiger partial charge in [-0.1, -0.05) is 25.7 Å². The van der Waals surface area contributed by atoms with Gasteiger partial charge >= 0.3 is 0 Å². The Labute approximate surface area is 149 Å². The van der Waals surface area contributed by atoms with E-state index in [2.05, 4.69) is 10.6 Å². The first-order valence-corrected chi connectivity index (χ1v) is 9.37. The molecule has 0 aromatic carbocycles. The summed E-state index contributed by atoms with van der Waals surface area (Å²) >= 11 is 0. The molecule has 0 atom stereocenters. The van der Waals surface area contributed by atoms with Crippen molar-refractivity contribution in [2.75, 3.05) is 13.1 Å². The van der Waals surface area contributed by atoms with Crippen molar-refractivity contribution >= 4 is 24.8 Å². The Bertz CT molecular complexity index is 240. The second-order valence-electron chi connectivity index (χ2n) is 7.67. The summed E-state index contributed by atoms with van der Waals surface area (Å²) in [6.45, 7) is 2.60. The molecule has 0 amide bonds. The first-order valence-electron chi connectivity index (χ1n) is 9.37. The molecule has 4 heteroatoms. The average molecular weight is 351 g/mol. The van der Waals surface area contributed by atoms with Gasteiger partial charge in [-0.05, 0) is 76.3 Å². The maximum absolute atomic E-state index is 3.83. The summed E-state index contributed by atoms with van der Waals surface area (Å²) in [5, 5.41) is 7.65. The third kappa shape index (κ3) is 6.55. The highest BCUT2D eigenvalue weighted by atomic mass is 35.5. The minimum absolute atomic E-state index is 0. The van der Waals surface area contributed by atoms with Crippen LogP contribution in [0, 0.1) is 11.8 Å². The van der Waals surface area contributed by atoms with Crippen molar-refractivity contribution in [1.29, 1.82) is 0 Å². The van der Waals surface area contributed by atoms with Gasteiger partial charge < -0.3 is 10.6 Å². The van der Waals surface area contributed by atoms with E-state index in [1.165, 1.54) is 90.1 Å². The minimum atomic E-state index is 0. The molecule has 0 radical (unpaired) electrons. The van der Waals surface area contributed by atoms with Gasteiger partial charge in [-0.15, -0.1) is 24.8 Å². The molecule has 0 saturated heterocycles. The van der Waals surface area contributed by atoms with E-state index in [0.717, 1.165) is 23.9 Å². The van der Waals surface area contributed by atoms with Crippen molar-refractivity contribution in [3.63, 3.8) is 0 Å². The van der Waals surface area contributed by atoms with E-state index in [4.69, 9.17) is 0 Å². The van der Waals surface area contributed by atoms with Crippen LogP contribution in [0.1, 0.15) is 77.0 Å². The Hall–Kier alpha value is 0.500. The molecule has 132 valence electrons. The molecular weight excluding hydrogens is 315 g/mol. The second-order valence-corrected chi connectivity index (χ2v) is 7.67. The first kappa shape index (κ1) is 20.5. The molecule has 3 aliphatic carbocycles. The van der Waals surface area contributed by atoms with Crippen LogP contribution < -0.4 is 10.6 Å². The van der Waals surface area contributed by atoms with E-state index in [1.807, 2.05) is 0 Å². The summed E-state index contributed by atoms with van der Waals surface area (Å²) in [5.74, 6) is 1.94. The van der Waals surface area contributed by atoms with E-state index < -0.39 is 0 Å². The lowest BCUT2D eigenvalue weighted by Crippen LogP contribution is -2.36. The van der Waals surface area contributed by atoms with Crippen LogP contribution in [0.25, 0.3) is 0 Å². The number of hydrogen-bond acceptors (Lipinski definition) is 2. The highest BCUT2D eigenvalue weighted by molar-refractivity contribution is 5.85. The van der Waals surface area contributed by atoms with E-state index in [0.29, 0.717) is 0 Å². The third-order valence-electron chi connectivity index (χ3n) is 6.07. The van der Waals surface area contributed by atoms with Crippen LogP contribution in [0.5, 0.6) is 0 Å². The molecule has 0 unspecified atom stereocenters. The molecule has 0 spiro atoms. The largest absolute Gasteiger partial charge is 0.314 e. The summed E-state index contributed by atoms with van der Waals surface area (Å²) in [5.41, 5.74) is 0. The number of nitrogens with one attached hydrogen (secondary N) is 2. The van der Waals surface area contributed by atoms with Gasteiger partial charge in [0.1, 0.15) is 0 Å². The predicted molar refractivity (Wildman–Crippen MR) is 100 cm³/mol. The van der Waals surface area contributed by atoms with Gasteiger partial charge in [0.25, 0.3) is 0 Å².